The zero-order chi connectivity index (χ0) is 26.7. The number of halogens is 1. The number of cyclic esters (lactones) is 1. The van der Waals surface area contributed by atoms with Crippen LogP contribution in [-0.4, -0.2) is 46.7 Å². The monoisotopic (exact) mass is 538 g/mol. The number of rotatable bonds is 4. The van der Waals surface area contributed by atoms with E-state index in [1.54, 1.807) is 6.20 Å². The van der Waals surface area contributed by atoms with Crippen LogP contribution in [0.2, 0.25) is 5.02 Å². The lowest BCUT2D eigenvalue weighted by atomic mass is 9.46. The second kappa shape index (κ2) is 9.63. The van der Waals surface area contributed by atoms with E-state index in [0.717, 1.165) is 42.5 Å². The lowest BCUT2D eigenvalue weighted by Crippen LogP contribution is -2.60. The molecule has 6 rings (SSSR count). The number of aliphatic hydroxyl groups is 1. The summed E-state index contributed by atoms with van der Waals surface area (Å²) in [5, 5.41) is 18.2. The van der Waals surface area contributed by atoms with Crippen molar-refractivity contribution >= 4 is 17.6 Å². The Balaban J connectivity index is 1.23. The summed E-state index contributed by atoms with van der Waals surface area (Å²) in [7, 11) is 0. The van der Waals surface area contributed by atoms with Gasteiger partial charge in [-0.3, -0.25) is 5.10 Å². The van der Waals surface area contributed by atoms with Gasteiger partial charge in [-0.1, -0.05) is 55.8 Å². The molecule has 0 radical (unpaired) electrons. The molecule has 7 atom stereocenters. The molecule has 2 aromatic rings. The number of esters is 1. The summed E-state index contributed by atoms with van der Waals surface area (Å²) in [4.78, 5) is 12.1. The van der Waals surface area contributed by atoms with Gasteiger partial charge in [-0.15, -0.1) is 0 Å². The van der Waals surface area contributed by atoms with Crippen LogP contribution in [0.15, 0.2) is 54.3 Å². The second-order valence-corrected chi connectivity index (χ2v) is 12.3. The van der Waals surface area contributed by atoms with Gasteiger partial charge in [-0.2, -0.15) is 5.10 Å². The number of aliphatic hydroxyl groups excluding tert-OH is 1. The Morgan fingerprint density at radius 1 is 1.29 bits per heavy atom. The molecular weight excluding hydrogens is 504 g/mol. The van der Waals surface area contributed by atoms with Crippen LogP contribution in [0.3, 0.4) is 0 Å². The number of allylic oxidation sites excluding steroid dienone is 2. The Morgan fingerprint density at radius 3 is 2.89 bits per heavy atom. The van der Waals surface area contributed by atoms with Crippen molar-refractivity contribution in [2.45, 2.75) is 64.4 Å². The molecule has 1 aromatic heterocycles. The molecule has 7 nitrogen and oxygen atoms in total. The van der Waals surface area contributed by atoms with Crippen LogP contribution in [0.1, 0.15) is 57.8 Å². The summed E-state index contributed by atoms with van der Waals surface area (Å²) < 4.78 is 18.2. The largest absolute Gasteiger partial charge is 0.459 e. The van der Waals surface area contributed by atoms with Gasteiger partial charge in [0.15, 0.2) is 6.29 Å². The first-order valence-electron chi connectivity index (χ1n) is 13.5. The van der Waals surface area contributed by atoms with Crippen molar-refractivity contribution in [1.29, 1.82) is 0 Å². The number of ether oxygens (including phenoxy) is 3. The molecule has 0 amide bonds. The number of hydrogen-bond acceptors (Lipinski definition) is 6. The van der Waals surface area contributed by atoms with Gasteiger partial charge < -0.3 is 19.3 Å². The van der Waals surface area contributed by atoms with Crippen molar-refractivity contribution in [2.75, 3.05) is 13.2 Å². The topological polar surface area (TPSA) is 93.7 Å². The second-order valence-electron chi connectivity index (χ2n) is 11.8. The Kier molecular flexibility index (Phi) is 6.54. The van der Waals surface area contributed by atoms with E-state index in [-0.39, 0.29) is 29.5 Å². The number of H-pyrrole nitrogens is 1. The summed E-state index contributed by atoms with van der Waals surface area (Å²) in [6.07, 6.45) is 6.95. The van der Waals surface area contributed by atoms with Gasteiger partial charge in [0.05, 0.1) is 35.7 Å². The molecule has 38 heavy (non-hydrogen) atoms. The number of benzene rings is 1. The lowest BCUT2D eigenvalue weighted by Gasteiger charge is -2.62. The fourth-order valence-corrected chi connectivity index (χ4v) is 7.90. The molecule has 2 aliphatic heterocycles. The molecule has 0 spiro atoms. The van der Waals surface area contributed by atoms with E-state index in [9.17, 15) is 9.90 Å². The Morgan fingerprint density at radius 2 is 2.13 bits per heavy atom. The molecule has 3 heterocycles. The number of aromatic nitrogens is 2. The molecule has 4 aliphatic rings. The zero-order valence-electron chi connectivity index (χ0n) is 21.9. The van der Waals surface area contributed by atoms with Crippen LogP contribution in [0, 0.1) is 22.7 Å². The number of carbonyl (C=O) groups is 1. The average molecular weight is 539 g/mol. The van der Waals surface area contributed by atoms with Crippen LogP contribution >= 0.6 is 11.6 Å². The van der Waals surface area contributed by atoms with Gasteiger partial charge in [0.2, 0.25) is 0 Å². The summed E-state index contributed by atoms with van der Waals surface area (Å²) in [6.45, 7) is 9.76. The van der Waals surface area contributed by atoms with Crippen molar-refractivity contribution in [2.24, 2.45) is 22.7 Å². The number of nitrogens with one attached hydrogen (secondary N) is 1. The fraction of sp³-hybridized carbons (Fsp3) is 0.533. The van der Waals surface area contributed by atoms with Crippen molar-refractivity contribution in [1.82, 2.24) is 10.2 Å². The first kappa shape index (κ1) is 25.8. The summed E-state index contributed by atoms with van der Waals surface area (Å²) in [6, 6.07) is 7.68. The Labute approximate surface area is 228 Å². The maximum atomic E-state index is 12.1. The highest BCUT2D eigenvalue weighted by molar-refractivity contribution is 6.30. The maximum Gasteiger partial charge on any atom is 0.336 e. The number of aromatic amines is 1. The number of fused-ring (bicyclic) bond motifs is 3. The average Bonchev–Trinajstić information content (AvgIpc) is 3.50. The molecule has 4 fully saturated rings. The molecule has 2 saturated carbocycles. The highest BCUT2D eigenvalue weighted by Crippen LogP contribution is 2.64. The number of nitrogens with zero attached hydrogens (tertiary/aromatic N) is 1. The summed E-state index contributed by atoms with van der Waals surface area (Å²) in [5.41, 5.74) is 4.13. The van der Waals surface area contributed by atoms with Crippen LogP contribution in [0.25, 0.3) is 11.3 Å². The van der Waals surface area contributed by atoms with Gasteiger partial charge in [0.1, 0.15) is 12.7 Å². The van der Waals surface area contributed by atoms with E-state index < -0.39 is 18.4 Å². The summed E-state index contributed by atoms with van der Waals surface area (Å²) >= 11 is 6.24. The minimum Gasteiger partial charge on any atom is -0.459 e. The van der Waals surface area contributed by atoms with E-state index in [1.807, 2.05) is 30.3 Å². The highest BCUT2D eigenvalue weighted by Gasteiger charge is 2.60. The third-order valence-electron chi connectivity index (χ3n) is 9.73. The molecule has 1 aromatic carbocycles. The van der Waals surface area contributed by atoms with Crippen molar-refractivity contribution < 1.29 is 24.1 Å². The SMILES string of the molecule is C=C1CC[C@@H]2[C@]3(C)COC(c4cn[nH]c4-c4cccc(Cl)c4)O[C@@H]3CC[C@@]2(C)[C@@H]1C/C=C1/C(=O)OCC1O. The van der Waals surface area contributed by atoms with Gasteiger partial charge >= 0.3 is 5.97 Å². The molecule has 2 unspecified atom stereocenters. The van der Waals surface area contributed by atoms with Crippen LogP contribution < -0.4 is 0 Å². The maximum absolute atomic E-state index is 12.1. The van der Waals surface area contributed by atoms with E-state index in [2.05, 4.69) is 30.6 Å². The predicted octanol–water partition coefficient (Wildman–Crippen LogP) is 5.77. The minimum atomic E-state index is -0.840. The molecular formula is C30H35ClN2O5. The molecule has 2 saturated heterocycles. The fourth-order valence-electron chi connectivity index (χ4n) is 7.71. The van der Waals surface area contributed by atoms with Crippen LogP contribution in [-0.2, 0) is 19.0 Å². The number of hydrogen-bond donors (Lipinski definition) is 2. The van der Waals surface area contributed by atoms with E-state index in [4.69, 9.17) is 25.8 Å². The molecule has 202 valence electrons. The van der Waals surface area contributed by atoms with E-state index >= 15 is 0 Å². The quantitative estimate of drug-likeness (QED) is 0.292. The third kappa shape index (κ3) is 4.15. The zero-order valence-corrected chi connectivity index (χ0v) is 22.7. The molecule has 2 aliphatic carbocycles. The smallest absolute Gasteiger partial charge is 0.336 e. The van der Waals surface area contributed by atoms with Gasteiger partial charge in [-0.25, -0.2) is 4.79 Å². The van der Waals surface area contributed by atoms with E-state index in [0.29, 0.717) is 29.5 Å². The Hall–Kier alpha value is -2.45. The number of carbonyl (C=O) groups excluding carboxylic acids is 1. The van der Waals surface area contributed by atoms with Crippen molar-refractivity contribution in [3.63, 3.8) is 0 Å². The Bertz CT molecular complexity index is 1290. The molecule has 0 bridgehead atoms. The van der Waals surface area contributed by atoms with Crippen molar-refractivity contribution in [3.05, 3.63) is 64.8 Å². The van der Waals surface area contributed by atoms with E-state index in [1.165, 1.54) is 5.57 Å². The van der Waals surface area contributed by atoms with Crippen LogP contribution in [0.4, 0.5) is 0 Å². The highest BCUT2D eigenvalue weighted by atomic mass is 35.5. The lowest BCUT2D eigenvalue weighted by molar-refractivity contribution is -0.307. The standard InChI is InChI=1S/C30H35ClN2O5/c1-17-7-10-24-29(2,22(17)9-8-20-23(34)15-36-27(20)35)12-11-25-30(24,3)16-37-28(38-25)21-14-32-33-26(21)18-5-4-6-19(31)13-18/h4-6,8,13-14,22-25,28,34H,1,7,9-12,15-16H2,2-3H3,(H,32,33)/b20-8+/t22-,23?,24+,25-,28?,29+,30+/m1/s1. The minimum absolute atomic E-state index is 0.00769. The van der Waals surface area contributed by atoms with Gasteiger partial charge in [0.25, 0.3) is 0 Å². The van der Waals surface area contributed by atoms with Crippen molar-refractivity contribution in [3.8, 4) is 11.3 Å². The first-order chi connectivity index (χ1) is 18.2. The summed E-state index contributed by atoms with van der Waals surface area (Å²) in [5.74, 6) is 0.182. The van der Waals surface area contributed by atoms with Gasteiger partial charge in [-0.05, 0) is 61.5 Å². The predicted molar refractivity (Wildman–Crippen MR) is 143 cm³/mol. The normalized spacial score (nSPS) is 38.1. The van der Waals surface area contributed by atoms with Crippen LogP contribution in [0.5, 0.6) is 0 Å². The first-order valence-corrected chi connectivity index (χ1v) is 13.9. The molecule has 8 heteroatoms. The van der Waals surface area contributed by atoms with Gasteiger partial charge in [0, 0.05) is 16.0 Å². The molecule has 2 N–H and O–H groups in total. The third-order valence-corrected chi connectivity index (χ3v) is 9.96.